The lowest BCUT2D eigenvalue weighted by Crippen LogP contribution is -1.76. The van der Waals surface area contributed by atoms with E-state index in [1.54, 1.807) is 0 Å². The maximum Gasteiger partial charge on any atom is 0.692 e. The summed E-state index contributed by atoms with van der Waals surface area (Å²) in [4.78, 5) is 14.2. The lowest BCUT2D eigenvalue weighted by Gasteiger charge is -1.89. The monoisotopic (exact) mass is 189 g/mol. The van der Waals surface area contributed by atoms with Crippen LogP contribution in [0, 0.1) is 0 Å². The fourth-order valence-corrected chi connectivity index (χ4v) is 0. The fourth-order valence-electron chi connectivity index (χ4n) is 0. The van der Waals surface area contributed by atoms with Crippen molar-refractivity contribution in [1.29, 1.82) is 0 Å². The molecule has 6 heteroatoms. The van der Waals surface area contributed by atoms with Gasteiger partial charge in [-0.15, -0.1) is 9.79 Å². The summed E-state index contributed by atoms with van der Waals surface area (Å²) in [6.07, 6.45) is 1.03. The molecule has 0 aromatic carbocycles. The molecule has 0 bridgehead atoms. The summed E-state index contributed by atoms with van der Waals surface area (Å²) in [7, 11) is -2.87. The Balaban J connectivity index is 0. The topological polar surface area (TPSA) is 57.5 Å². The van der Waals surface area contributed by atoms with Gasteiger partial charge in [-0.25, -0.2) is 0 Å². The predicted octanol–water partition coefficient (Wildman–Crippen LogP) is 1.21. The van der Waals surface area contributed by atoms with Crippen LogP contribution in [0.3, 0.4) is 0 Å². The molecule has 56 valence electrons. The van der Waals surface area contributed by atoms with Gasteiger partial charge in [-0.3, -0.25) is 0 Å². The molecule has 0 saturated heterocycles. The zero-order valence-corrected chi connectivity index (χ0v) is 7.61. The van der Waals surface area contributed by atoms with E-state index in [0.29, 0.717) is 0 Å². The lowest BCUT2D eigenvalue weighted by molar-refractivity contribution is 0.405. The first-order chi connectivity index (χ1) is 4.00. The molecule has 0 aliphatic rings. The normalized spacial score (nSPS) is 8.22. The number of thiol groups is 2. The zero-order chi connectivity index (χ0) is 7.86. The van der Waals surface area contributed by atoms with Crippen molar-refractivity contribution in [3.05, 3.63) is 0 Å². The Kier molecular flexibility index (Phi) is 12.0. The van der Waals surface area contributed by atoms with Gasteiger partial charge in [0.05, 0.1) is 0 Å². The third-order valence-electron chi connectivity index (χ3n) is 0.365. The minimum Gasteiger partial charge on any atom is -0.165 e. The Morgan fingerprint density at radius 2 is 1.67 bits per heavy atom. The van der Waals surface area contributed by atoms with E-state index in [1.807, 2.05) is 6.92 Å². The molecule has 0 radical (unpaired) electrons. The van der Waals surface area contributed by atoms with Crippen LogP contribution in [-0.2, 0) is 4.57 Å². The van der Waals surface area contributed by atoms with Gasteiger partial charge >= 0.3 is 8.25 Å². The van der Waals surface area contributed by atoms with Crippen LogP contribution in [0.25, 0.3) is 0 Å². The Bertz CT molecular complexity index is 73.5. The van der Waals surface area contributed by atoms with Crippen molar-refractivity contribution in [1.82, 2.24) is 0 Å². The average Bonchev–Trinajstić information content (AvgIpc) is 1.65. The highest BCUT2D eigenvalue weighted by Crippen LogP contribution is 2.01. The smallest absolute Gasteiger partial charge is 0.165 e. The van der Waals surface area contributed by atoms with E-state index >= 15 is 0 Å². The first-order valence-corrected chi connectivity index (χ1v) is 4.41. The van der Waals surface area contributed by atoms with Crippen LogP contribution in [0.15, 0.2) is 0 Å². The summed E-state index contributed by atoms with van der Waals surface area (Å²) >= 11 is 7.92. The summed E-state index contributed by atoms with van der Waals surface area (Å²) in [5, 5.41) is 0. The quantitative estimate of drug-likeness (QED) is 0.285. The molecule has 0 heterocycles. The first-order valence-electron chi connectivity index (χ1n) is 2.21. The molecular weight excluding hydrogens is 179 g/mol. The molecule has 0 aliphatic heterocycles. The van der Waals surface area contributed by atoms with Crippen LogP contribution in [0.5, 0.6) is 0 Å². The van der Waals surface area contributed by atoms with Gasteiger partial charge in [-0.1, -0.05) is 6.92 Å². The van der Waals surface area contributed by atoms with Gasteiger partial charge in [0.15, 0.2) is 0 Å². The molecule has 3 nitrogen and oxygen atoms in total. The third kappa shape index (κ3) is 53.2. The maximum absolute atomic E-state index is 8.70. The highest BCUT2D eigenvalue weighted by Gasteiger charge is 1.93. The predicted molar refractivity (Wildman–Crippen MR) is 44.1 cm³/mol. The van der Waals surface area contributed by atoms with Gasteiger partial charge in [0.1, 0.15) is 0 Å². The Hall–Kier alpha value is 0.720. The van der Waals surface area contributed by atoms with E-state index in [4.69, 9.17) is 14.4 Å². The van der Waals surface area contributed by atoms with Gasteiger partial charge in [-0.05, 0) is 6.42 Å². The van der Waals surface area contributed by atoms with E-state index < -0.39 is 8.25 Å². The maximum atomic E-state index is 8.70. The molecule has 0 aromatic heterocycles. The first kappa shape index (κ1) is 12.4. The Labute approximate surface area is 66.3 Å². The van der Waals surface area contributed by atoms with Crippen molar-refractivity contribution >= 4 is 33.5 Å². The summed E-state index contributed by atoms with van der Waals surface area (Å²) in [6, 6.07) is 0. The van der Waals surface area contributed by atoms with Crippen molar-refractivity contribution in [2.75, 3.05) is 0 Å². The molecule has 0 aliphatic carbocycles. The highest BCUT2D eigenvalue weighted by atomic mass is 32.2. The van der Waals surface area contributed by atoms with Gasteiger partial charge in [0.2, 0.25) is 0 Å². The molecule has 0 spiro atoms. The van der Waals surface area contributed by atoms with Crippen LogP contribution in [-0.4, -0.2) is 14.4 Å². The summed E-state index contributed by atoms with van der Waals surface area (Å²) in [5.74, 6) is 0. The molecule has 0 unspecified atom stereocenters. The number of rotatable bonds is 1. The second-order valence-electron chi connectivity index (χ2n) is 1.14. The van der Waals surface area contributed by atoms with Gasteiger partial charge < -0.3 is 0 Å². The number of hydrogen-bond donors (Lipinski definition) is 4. The second-order valence-corrected chi connectivity index (χ2v) is 3.30. The SMILES string of the molecule is CCC(S)S.O=[P+](O)O. The molecule has 2 N–H and O–H groups in total. The summed E-state index contributed by atoms with van der Waals surface area (Å²) < 4.78 is 8.98. The Morgan fingerprint density at radius 3 is 1.67 bits per heavy atom. The van der Waals surface area contributed by atoms with Crippen LogP contribution in [0.1, 0.15) is 13.3 Å². The minimum atomic E-state index is -2.87. The summed E-state index contributed by atoms with van der Waals surface area (Å²) in [5.41, 5.74) is 0. The van der Waals surface area contributed by atoms with Crippen LogP contribution in [0.4, 0.5) is 0 Å². The van der Waals surface area contributed by atoms with Crippen molar-refractivity contribution < 1.29 is 14.4 Å². The van der Waals surface area contributed by atoms with Crippen LogP contribution >= 0.6 is 33.5 Å². The van der Waals surface area contributed by atoms with Crippen LogP contribution < -0.4 is 0 Å². The molecule has 0 saturated carbocycles. The molecular formula is C3H10O3PS2+. The molecule has 0 amide bonds. The van der Waals surface area contributed by atoms with E-state index in [9.17, 15) is 0 Å². The molecule has 0 aromatic rings. The zero-order valence-electron chi connectivity index (χ0n) is 4.93. The minimum absolute atomic E-state index is 0.273. The average molecular weight is 189 g/mol. The van der Waals surface area contributed by atoms with E-state index in [-0.39, 0.29) is 4.58 Å². The second kappa shape index (κ2) is 8.72. The largest absolute Gasteiger partial charge is 0.692 e. The van der Waals surface area contributed by atoms with Crippen molar-refractivity contribution in [3.8, 4) is 0 Å². The van der Waals surface area contributed by atoms with Crippen molar-refractivity contribution in [3.63, 3.8) is 0 Å². The molecule has 0 atom stereocenters. The summed E-state index contributed by atoms with van der Waals surface area (Å²) in [6.45, 7) is 2.05. The van der Waals surface area contributed by atoms with Crippen LogP contribution in [0.2, 0.25) is 0 Å². The van der Waals surface area contributed by atoms with E-state index in [0.717, 1.165) is 6.42 Å². The highest BCUT2D eigenvalue weighted by molar-refractivity contribution is 7.99. The molecule has 9 heavy (non-hydrogen) atoms. The van der Waals surface area contributed by atoms with Gasteiger partial charge in [0.25, 0.3) is 0 Å². The van der Waals surface area contributed by atoms with Crippen molar-refractivity contribution in [2.45, 2.75) is 17.9 Å². The van der Waals surface area contributed by atoms with Gasteiger partial charge in [0, 0.05) is 9.15 Å². The van der Waals surface area contributed by atoms with Crippen molar-refractivity contribution in [2.24, 2.45) is 0 Å². The van der Waals surface area contributed by atoms with Gasteiger partial charge in [-0.2, -0.15) is 25.3 Å². The van der Waals surface area contributed by atoms with E-state index in [1.165, 1.54) is 0 Å². The fraction of sp³-hybridized carbons (Fsp3) is 1.00. The lowest BCUT2D eigenvalue weighted by atomic mass is 10.6. The van der Waals surface area contributed by atoms with E-state index in [2.05, 4.69) is 25.3 Å². The molecule has 0 rings (SSSR count). The molecule has 0 fully saturated rings. The Morgan fingerprint density at radius 1 is 1.56 bits per heavy atom. The standard InChI is InChI=1S/C3H8S2.HO3P/c1-2-3(4)5;1-4(2)3/h3-5H,2H2,1H3;(H-,1,2,3)/p+1. The number of hydrogen-bond acceptors (Lipinski definition) is 3. The third-order valence-corrected chi connectivity index (χ3v) is 1.10.